The molecule has 9 nitrogen and oxygen atoms in total. The molecule has 184 valence electrons. The SMILES string of the molecule is C[C@](O)(CCC(=O)c1nc2ncccc2[nH]1)c1cc2c(c(-c3ccc(F)cc3)n1)OC[C@]2(C)C(N)=O. The van der Waals surface area contributed by atoms with Gasteiger partial charge in [-0.05, 0) is 62.7 Å². The molecule has 1 aromatic carbocycles. The molecule has 0 saturated carbocycles. The number of ketones is 1. The fourth-order valence-electron chi connectivity index (χ4n) is 4.25. The number of nitrogens with two attached hydrogens (primary N) is 1. The predicted molar refractivity (Wildman–Crippen MR) is 129 cm³/mol. The van der Waals surface area contributed by atoms with Crippen LogP contribution in [0.25, 0.3) is 22.4 Å². The Kier molecular flexibility index (Phi) is 5.55. The highest BCUT2D eigenvalue weighted by Gasteiger charge is 2.45. The van der Waals surface area contributed by atoms with Crippen LogP contribution in [0.3, 0.4) is 0 Å². The minimum atomic E-state index is -1.55. The topological polar surface area (TPSA) is 144 Å². The molecule has 36 heavy (non-hydrogen) atoms. The van der Waals surface area contributed by atoms with E-state index in [0.29, 0.717) is 33.7 Å². The van der Waals surface area contributed by atoms with E-state index in [4.69, 9.17) is 10.5 Å². The molecule has 1 amide bonds. The molecule has 10 heteroatoms. The second-order valence-electron chi connectivity index (χ2n) is 9.38. The number of Topliss-reactive ketones (excluding diaryl/α,β-unsaturated/α-hetero) is 1. The first-order valence-corrected chi connectivity index (χ1v) is 11.4. The van der Waals surface area contributed by atoms with Crippen molar-refractivity contribution in [2.45, 2.75) is 37.7 Å². The Bertz CT molecular complexity index is 1470. The molecule has 2 atom stereocenters. The fourth-order valence-corrected chi connectivity index (χ4v) is 4.25. The molecule has 4 aromatic rings. The second kappa shape index (κ2) is 8.49. The third-order valence-corrected chi connectivity index (χ3v) is 6.65. The highest BCUT2D eigenvalue weighted by atomic mass is 19.1. The van der Waals surface area contributed by atoms with Crippen molar-refractivity contribution >= 4 is 22.9 Å². The van der Waals surface area contributed by atoms with Crippen molar-refractivity contribution in [3.63, 3.8) is 0 Å². The molecule has 0 unspecified atom stereocenters. The summed E-state index contributed by atoms with van der Waals surface area (Å²) in [5.41, 5.74) is 5.69. The van der Waals surface area contributed by atoms with Crippen LogP contribution >= 0.6 is 0 Å². The van der Waals surface area contributed by atoms with Crippen molar-refractivity contribution in [2.24, 2.45) is 5.73 Å². The summed E-state index contributed by atoms with van der Waals surface area (Å²) in [4.78, 5) is 41.1. The first-order chi connectivity index (χ1) is 17.1. The first-order valence-electron chi connectivity index (χ1n) is 11.4. The molecule has 1 aliphatic heterocycles. The van der Waals surface area contributed by atoms with E-state index >= 15 is 0 Å². The van der Waals surface area contributed by atoms with Crippen molar-refractivity contribution in [3.8, 4) is 17.0 Å². The van der Waals surface area contributed by atoms with Crippen molar-refractivity contribution in [1.82, 2.24) is 19.9 Å². The molecule has 4 heterocycles. The van der Waals surface area contributed by atoms with E-state index in [9.17, 15) is 19.1 Å². The molecule has 3 aromatic heterocycles. The molecule has 0 saturated heterocycles. The Morgan fingerprint density at radius 3 is 2.69 bits per heavy atom. The van der Waals surface area contributed by atoms with Crippen LogP contribution in [0.2, 0.25) is 0 Å². The highest BCUT2D eigenvalue weighted by molar-refractivity contribution is 5.95. The van der Waals surface area contributed by atoms with Gasteiger partial charge in [0.05, 0.1) is 11.2 Å². The number of fused-ring (bicyclic) bond motifs is 2. The van der Waals surface area contributed by atoms with E-state index in [1.165, 1.54) is 12.1 Å². The van der Waals surface area contributed by atoms with Crippen molar-refractivity contribution in [2.75, 3.05) is 6.61 Å². The van der Waals surface area contributed by atoms with Gasteiger partial charge < -0.3 is 20.6 Å². The van der Waals surface area contributed by atoms with Crippen molar-refractivity contribution < 1.29 is 23.8 Å². The Balaban J connectivity index is 1.50. The number of amides is 1. The number of nitrogens with zero attached hydrogens (tertiary/aromatic N) is 3. The Labute approximate surface area is 205 Å². The third kappa shape index (κ3) is 3.99. The normalized spacial score (nSPS) is 18.4. The number of aliphatic hydroxyl groups is 1. The van der Waals surface area contributed by atoms with E-state index in [1.807, 2.05) is 0 Å². The zero-order valence-electron chi connectivity index (χ0n) is 19.7. The molecule has 0 radical (unpaired) electrons. The van der Waals surface area contributed by atoms with Crippen molar-refractivity contribution in [1.29, 1.82) is 0 Å². The van der Waals surface area contributed by atoms with E-state index in [0.717, 1.165) is 0 Å². The van der Waals surface area contributed by atoms with Gasteiger partial charge in [0, 0.05) is 23.7 Å². The lowest BCUT2D eigenvalue weighted by atomic mass is 9.81. The zero-order valence-corrected chi connectivity index (χ0v) is 19.7. The number of pyridine rings is 2. The summed E-state index contributed by atoms with van der Waals surface area (Å²) in [6.07, 6.45) is 1.59. The standard InChI is InChI=1S/C26H24FN5O4/c1-25(24(28)34)13-36-21-16(25)12-19(31-20(21)14-5-7-15(27)8-6-14)26(2,35)10-9-18(33)23-30-17-4-3-11-29-22(17)32-23/h3-8,11-12,35H,9-10,13H2,1-2H3,(H2,28,34)(H,29,30,32)/t25-,26-/m0/s1. The minimum absolute atomic E-state index is 0.0116. The minimum Gasteiger partial charge on any atom is -0.489 e. The lowest BCUT2D eigenvalue weighted by molar-refractivity contribution is -0.123. The van der Waals surface area contributed by atoms with E-state index in [-0.39, 0.29) is 36.8 Å². The molecule has 0 spiro atoms. The maximum atomic E-state index is 13.6. The van der Waals surface area contributed by atoms with E-state index < -0.39 is 22.7 Å². The highest BCUT2D eigenvalue weighted by Crippen LogP contribution is 2.45. The first kappa shape index (κ1) is 23.6. The quantitative estimate of drug-likeness (QED) is 0.338. The number of H-pyrrole nitrogens is 1. The summed E-state index contributed by atoms with van der Waals surface area (Å²) in [6, 6.07) is 10.8. The molecule has 0 aliphatic carbocycles. The van der Waals surface area contributed by atoms with Gasteiger partial charge in [0.1, 0.15) is 34.9 Å². The van der Waals surface area contributed by atoms with Gasteiger partial charge in [0.15, 0.2) is 17.3 Å². The van der Waals surface area contributed by atoms with Crippen LogP contribution in [-0.2, 0) is 15.8 Å². The smallest absolute Gasteiger partial charge is 0.231 e. The van der Waals surface area contributed by atoms with Gasteiger partial charge in [-0.25, -0.2) is 19.3 Å². The van der Waals surface area contributed by atoms with Crippen LogP contribution in [0.15, 0.2) is 48.7 Å². The summed E-state index contributed by atoms with van der Waals surface area (Å²) >= 11 is 0. The number of aromatic amines is 1. The number of primary amides is 1. The molecule has 0 bridgehead atoms. The van der Waals surface area contributed by atoms with Gasteiger partial charge in [-0.1, -0.05) is 0 Å². The number of hydrogen-bond donors (Lipinski definition) is 3. The molecular weight excluding hydrogens is 465 g/mol. The van der Waals surface area contributed by atoms with Gasteiger partial charge in [-0.3, -0.25) is 9.59 Å². The van der Waals surface area contributed by atoms with Crippen LogP contribution < -0.4 is 10.5 Å². The Morgan fingerprint density at radius 2 is 2.00 bits per heavy atom. The number of aromatic nitrogens is 4. The van der Waals surface area contributed by atoms with Crippen LogP contribution in [0.4, 0.5) is 4.39 Å². The van der Waals surface area contributed by atoms with Crippen LogP contribution in [0, 0.1) is 5.82 Å². The molecule has 0 fully saturated rings. The molecule has 1 aliphatic rings. The predicted octanol–water partition coefficient (Wildman–Crippen LogP) is 3.17. The van der Waals surface area contributed by atoms with Crippen LogP contribution in [0.5, 0.6) is 5.75 Å². The number of carbonyl (C=O) groups excluding carboxylic acids is 2. The summed E-state index contributed by atoms with van der Waals surface area (Å²) in [7, 11) is 0. The number of rotatable bonds is 7. The largest absolute Gasteiger partial charge is 0.489 e. The number of nitrogens with one attached hydrogen (secondary N) is 1. The van der Waals surface area contributed by atoms with Gasteiger partial charge in [-0.2, -0.15) is 0 Å². The van der Waals surface area contributed by atoms with Gasteiger partial charge >= 0.3 is 0 Å². The van der Waals surface area contributed by atoms with Gasteiger partial charge in [0.25, 0.3) is 0 Å². The number of imidazole rings is 1. The third-order valence-electron chi connectivity index (χ3n) is 6.65. The van der Waals surface area contributed by atoms with Crippen molar-refractivity contribution in [3.05, 3.63) is 71.6 Å². The fraction of sp³-hybridized carbons (Fsp3) is 0.269. The average Bonchev–Trinajstić information content (AvgIpc) is 3.45. The summed E-state index contributed by atoms with van der Waals surface area (Å²) < 4.78 is 19.4. The van der Waals surface area contributed by atoms with Gasteiger partial charge in [-0.15, -0.1) is 0 Å². The Morgan fingerprint density at radius 1 is 1.25 bits per heavy atom. The maximum Gasteiger partial charge on any atom is 0.231 e. The number of carbonyl (C=O) groups is 2. The number of halogens is 1. The lowest BCUT2D eigenvalue weighted by Gasteiger charge is -2.25. The average molecular weight is 490 g/mol. The summed E-state index contributed by atoms with van der Waals surface area (Å²) in [5.74, 6) is -0.785. The van der Waals surface area contributed by atoms with Crippen LogP contribution in [0.1, 0.15) is 48.6 Å². The zero-order chi connectivity index (χ0) is 25.7. The number of hydrogen-bond acceptors (Lipinski definition) is 7. The van der Waals surface area contributed by atoms with Crippen LogP contribution in [-0.4, -0.2) is 43.3 Å². The van der Waals surface area contributed by atoms with Gasteiger partial charge in [0.2, 0.25) is 5.91 Å². The molecule has 4 N–H and O–H groups in total. The number of benzene rings is 1. The molecule has 5 rings (SSSR count). The lowest BCUT2D eigenvalue weighted by Crippen LogP contribution is -2.40. The number of ether oxygens (including phenoxy) is 1. The summed E-state index contributed by atoms with van der Waals surface area (Å²) in [5, 5.41) is 11.4. The second-order valence-corrected chi connectivity index (χ2v) is 9.38. The summed E-state index contributed by atoms with van der Waals surface area (Å²) in [6.45, 7) is 3.21. The van der Waals surface area contributed by atoms with E-state index in [1.54, 1.807) is 50.4 Å². The monoisotopic (exact) mass is 489 g/mol. The van der Waals surface area contributed by atoms with E-state index in [2.05, 4.69) is 19.9 Å². The molecular formula is C26H24FN5O4. The maximum absolute atomic E-state index is 13.6. The Hall–Kier alpha value is -4.18.